The lowest BCUT2D eigenvalue weighted by Crippen LogP contribution is -2.15. The fourth-order valence-corrected chi connectivity index (χ4v) is 8.86. The number of para-hydroxylation sites is 2. The molecule has 232 valence electrons. The third kappa shape index (κ3) is 4.37. The number of anilines is 3. The van der Waals surface area contributed by atoms with E-state index in [4.69, 9.17) is 9.97 Å². The Morgan fingerprint density at radius 3 is 2.20 bits per heavy atom. The van der Waals surface area contributed by atoms with Crippen LogP contribution in [0, 0.1) is 0 Å². The van der Waals surface area contributed by atoms with Gasteiger partial charge in [0, 0.05) is 37.4 Å². The molecule has 0 saturated heterocycles. The highest BCUT2D eigenvalue weighted by atomic mass is 32.2. The summed E-state index contributed by atoms with van der Waals surface area (Å²) in [5.74, 6) is 0.733. The van der Waals surface area contributed by atoms with Crippen molar-refractivity contribution in [3.05, 3.63) is 163 Å². The van der Waals surface area contributed by atoms with Crippen LogP contribution in [0.15, 0.2) is 161 Å². The molecule has 0 spiro atoms. The first-order chi connectivity index (χ1) is 24.0. The molecule has 1 aliphatic carbocycles. The number of hydrogen-bond acceptors (Lipinski definition) is 4. The molecular formula is C45H31N3S. The topological polar surface area (TPSA) is 29.0 Å². The zero-order valence-electron chi connectivity index (χ0n) is 27.2. The van der Waals surface area contributed by atoms with Gasteiger partial charge in [-0.1, -0.05) is 123 Å². The summed E-state index contributed by atoms with van der Waals surface area (Å²) in [6.45, 7) is 4.66. The number of hydrogen-bond donors (Lipinski definition) is 0. The normalized spacial score (nSPS) is 14.0. The summed E-state index contributed by atoms with van der Waals surface area (Å²) >= 11 is 1.81. The van der Waals surface area contributed by atoms with E-state index in [2.05, 4.69) is 170 Å². The van der Waals surface area contributed by atoms with Gasteiger partial charge in [0.25, 0.3) is 0 Å². The summed E-state index contributed by atoms with van der Waals surface area (Å²) in [5, 5.41) is 3.52. The second-order valence-electron chi connectivity index (χ2n) is 13.5. The Kier molecular flexibility index (Phi) is 6.15. The van der Waals surface area contributed by atoms with Crippen LogP contribution in [0.2, 0.25) is 0 Å². The van der Waals surface area contributed by atoms with E-state index in [1.54, 1.807) is 0 Å². The van der Waals surface area contributed by atoms with Crippen LogP contribution in [-0.4, -0.2) is 9.97 Å². The van der Waals surface area contributed by atoms with Gasteiger partial charge in [-0.05, 0) is 87.6 Å². The van der Waals surface area contributed by atoms with Crippen molar-refractivity contribution >= 4 is 50.5 Å². The van der Waals surface area contributed by atoms with Gasteiger partial charge in [-0.25, -0.2) is 9.97 Å². The van der Waals surface area contributed by atoms with Crippen LogP contribution in [-0.2, 0) is 5.41 Å². The van der Waals surface area contributed by atoms with Gasteiger partial charge in [-0.3, -0.25) is 0 Å². The van der Waals surface area contributed by atoms with Crippen LogP contribution < -0.4 is 4.90 Å². The molecule has 0 unspecified atom stereocenters. The molecule has 0 fully saturated rings. The number of aromatic nitrogens is 2. The molecule has 0 radical (unpaired) electrons. The molecule has 0 atom stereocenters. The van der Waals surface area contributed by atoms with Gasteiger partial charge in [0.15, 0.2) is 5.82 Å². The van der Waals surface area contributed by atoms with E-state index in [1.807, 2.05) is 11.8 Å². The summed E-state index contributed by atoms with van der Waals surface area (Å²) in [7, 11) is 0. The Morgan fingerprint density at radius 2 is 1.27 bits per heavy atom. The standard InChI is InChI=1S/C45H31N3S/c1-45(2)36-15-7-5-13-33(36)34-23-20-30(26-37(34)45)43-35-14-6-8-16-38(35)46-44(47-43)31-21-24-40-42(27-31)49-41-18-10-9-17-39(41)48(40)32-22-19-28-11-3-4-12-29(28)25-32/h3-27H,1-2H3. The van der Waals surface area contributed by atoms with Crippen molar-refractivity contribution in [3.63, 3.8) is 0 Å². The van der Waals surface area contributed by atoms with E-state index in [1.165, 1.54) is 48.5 Å². The molecular weight excluding hydrogens is 615 g/mol. The average Bonchev–Trinajstić information content (AvgIpc) is 3.38. The summed E-state index contributed by atoms with van der Waals surface area (Å²) in [6.07, 6.45) is 0. The molecule has 2 aliphatic rings. The number of nitrogens with zero attached hydrogens (tertiary/aromatic N) is 3. The first-order valence-corrected chi connectivity index (χ1v) is 17.6. The van der Waals surface area contributed by atoms with E-state index in [0.717, 1.165) is 44.9 Å². The summed E-state index contributed by atoms with van der Waals surface area (Å²) in [4.78, 5) is 15.3. The summed E-state index contributed by atoms with van der Waals surface area (Å²) in [5.41, 5.74) is 12.8. The molecule has 0 bridgehead atoms. The molecule has 2 heterocycles. The molecule has 49 heavy (non-hydrogen) atoms. The maximum Gasteiger partial charge on any atom is 0.160 e. The van der Waals surface area contributed by atoms with Gasteiger partial charge in [0.1, 0.15) is 0 Å². The SMILES string of the molecule is CC1(C)c2ccccc2-c2ccc(-c3nc(-c4ccc5c(c4)Sc4ccccc4N5c4ccc5ccccc5c4)nc4ccccc34)cc21. The highest BCUT2D eigenvalue weighted by Gasteiger charge is 2.35. The predicted molar refractivity (Wildman–Crippen MR) is 204 cm³/mol. The van der Waals surface area contributed by atoms with E-state index in [9.17, 15) is 0 Å². The molecule has 1 aliphatic heterocycles. The van der Waals surface area contributed by atoms with Crippen molar-refractivity contribution < 1.29 is 0 Å². The maximum atomic E-state index is 5.33. The Labute approximate surface area is 289 Å². The first-order valence-electron chi connectivity index (χ1n) is 16.7. The first kappa shape index (κ1) is 28.3. The Balaban J connectivity index is 1.11. The van der Waals surface area contributed by atoms with Crippen molar-refractivity contribution in [1.82, 2.24) is 9.97 Å². The number of rotatable bonds is 3. The lowest BCUT2D eigenvalue weighted by Gasteiger charge is -2.33. The Bertz CT molecular complexity index is 2640. The van der Waals surface area contributed by atoms with Crippen LogP contribution in [0.5, 0.6) is 0 Å². The molecule has 4 heteroatoms. The Morgan fingerprint density at radius 1 is 0.531 bits per heavy atom. The highest BCUT2D eigenvalue weighted by Crippen LogP contribution is 2.53. The van der Waals surface area contributed by atoms with Crippen molar-refractivity contribution in [2.24, 2.45) is 0 Å². The van der Waals surface area contributed by atoms with E-state index in [0.29, 0.717) is 0 Å². The molecule has 0 saturated carbocycles. The minimum absolute atomic E-state index is 0.0868. The van der Waals surface area contributed by atoms with Crippen LogP contribution >= 0.6 is 11.8 Å². The minimum Gasteiger partial charge on any atom is -0.308 e. The highest BCUT2D eigenvalue weighted by molar-refractivity contribution is 7.99. The van der Waals surface area contributed by atoms with Crippen LogP contribution in [0.3, 0.4) is 0 Å². The smallest absolute Gasteiger partial charge is 0.160 e. The second-order valence-corrected chi connectivity index (χ2v) is 14.5. The van der Waals surface area contributed by atoms with E-state index < -0.39 is 0 Å². The zero-order valence-corrected chi connectivity index (χ0v) is 28.0. The molecule has 0 amide bonds. The summed E-state index contributed by atoms with van der Waals surface area (Å²) in [6, 6.07) is 54.7. The van der Waals surface area contributed by atoms with Gasteiger partial charge in [0.2, 0.25) is 0 Å². The fourth-order valence-electron chi connectivity index (χ4n) is 7.77. The van der Waals surface area contributed by atoms with Crippen LogP contribution in [0.4, 0.5) is 17.1 Å². The number of benzene rings is 7. The fraction of sp³-hybridized carbons (Fsp3) is 0.0667. The van der Waals surface area contributed by atoms with Crippen LogP contribution in [0.1, 0.15) is 25.0 Å². The van der Waals surface area contributed by atoms with Crippen molar-refractivity contribution in [1.29, 1.82) is 0 Å². The third-order valence-electron chi connectivity index (χ3n) is 10.2. The Hall–Kier alpha value is -5.71. The maximum absolute atomic E-state index is 5.33. The van der Waals surface area contributed by atoms with Gasteiger partial charge >= 0.3 is 0 Å². The second kappa shape index (κ2) is 10.6. The molecule has 0 N–H and O–H groups in total. The monoisotopic (exact) mass is 645 g/mol. The van der Waals surface area contributed by atoms with Crippen molar-refractivity contribution in [3.8, 4) is 33.8 Å². The van der Waals surface area contributed by atoms with Crippen LogP contribution in [0.25, 0.3) is 55.4 Å². The van der Waals surface area contributed by atoms with Gasteiger partial charge in [-0.2, -0.15) is 0 Å². The lowest BCUT2D eigenvalue weighted by molar-refractivity contribution is 0.660. The van der Waals surface area contributed by atoms with Gasteiger partial charge in [0.05, 0.1) is 22.6 Å². The zero-order chi connectivity index (χ0) is 32.7. The van der Waals surface area contributed by atoms with Crippen molar-refractivity contribution in [2.75, 3.05) is 4.90 Å². The number of fused-ring (bicyclic) bond motifs is 7. The minimum atomic E-state index is -0.0868. The molecule has 7 aromatic carbocycles. The van der Waals surface area contributed by atoms with Gasteiger partial charge < -0.3 is 4.90 Å². The third-order valence-corrected chi connectivity index (χ3v) is 11.3. The van der Waals surface area contributed by atoms with Crippen molar-refractivity contribution in [2.45, 2.75) is 29.1 Å². The molecule has 3 nitrogen and oxygen atoms in total. The van der Waals surface area contributed by atoms with E-state index in [-0.39, 0.29) is 5.41 Å². The lowest BCUT2D eigenvalue weighted by atomic mass is 9.82. The quantitative estimate of drug-likeness (QED) is 0.191. The largest absolute Gasteiger partial charge is 0.308 e. The predicted octanol–water partition coefficient (Wildman–Crippen LogP) is 12.4. The molecule has 1 aromatic heterocycles. The summed E-state index contributed by atoms with van der Waals surface area (Å²) < 4.78 is 0. The molecule has 8 aromatic rings. The van der Waals surface area contributed by atoms with Gasteiger partial charge in [-0.15, -0.1) is 0 Å². The van der Waals surface area contributed by atoms with E-state index >= 15 is 0 Å². The average molecular weight is 646 g/mol. The molecule has 10 rings (SSSR count).